The van der Waals surface area contributed by atoms with E-state index in [1.807, 2.05) is 18.2 Å². The van der Waals surface area contributed by atoms with Gasteiger partial charge < -0.3 is 15.2 Å². The van der Waals surface area contributed by atoms with Crippen molar-refractivity contribution in [3.05, 3.63) is 18.2 Å². The van der Waals surface area contributed by atoms with Gasteiger partial charge >= 0.3 is 0 Å². The molecule has 1 saturated carbocycles. The van der Waals surface area contributed by atoms with E-state index in [-0.39, 0.29) is 0 Å². The first-order valence-electron chi connectivity index (χ1n) is 6.86. The molecular formula is C15H23NO2. The van der Waals surface area contributed by atoms with Crippen molar-refractivity contribution in [2.75, 3.05) is 19.5 Å². The lowest BCUT2D eigenvalue weighted by atomic mass is 10.0. The van der Waals surface area contributed by atoms with E-state index in [1.165, 1.54) is 38.5 Å². The van der Waals surface area contributed by atoms with E-state index in [0.29, 0.717) is 11.6 Å². The zero-order valence-electron chi connectivity index (χ0n) is 11.2. The molecule has 1 fully saturated rings. The third-order valence-electron chi connectivity index (χ3n) is 3.67. The van der Waals surface area contributed by atoms with Gasteiger partial charge in [0.15, 0.2) is 0 Å². The number of anilines is 1. The van der Waals surface area contributed by atoms with Gasteiger partial charge in [0.2, 0.25) is 0 Å². The molecular weight excluding hydrogens is 226 g/mol. The van der Waals surface area contributed by atoms with Gasteiger partial charge in [-0.1, -0.05) is 25.7 Å². The Labute approximate surface area is 109 Å². The fourth-order valence-electron chi connectivity index (χ4n) is 2.50. The molecule has 0 aliphatic heterocycles. The average Bonchev–Trinajstić information content (AvgIpc) is 2.66. The van der Waals surface area contributed by atoms with Crippen molar-refractivity contribution in [2.45, 2.75) is 38.5 Å². The summed E-state index contributed by atoms with van der Waals surface area (Å²) >= 11 is 0. The minimum absolute atomic E-state index is 0.679. The predicted molar refractivity (Wildman–Crippen MR) is 74.1 cm³/mol. The fraction of sp³-hybridized carbons (Fsp3) is 0.600. The van der Waals surface area contributed by atoms with Crippen molar-refractivity contribution < 1.29 is 9.47 Å². The first-order chi connectivity index (χ1) is 8.79. The highest BCUT2D eigenvalue weighted by atomic mass is 16.5. The summed E-state index contributed by atoms with van der Waals surface area (Å²) in [5.74, 6) is 2.22. The summed E-state index contributed by atoms with van der Waals surface area (Å²) < 4.78 is 11.1. The molecule has 1 aromatic rings. The number of nitrogens with two attached hydrogens (primary N) is 1. The van der Waals surface area contributed by atoms with Crippen molar-refractivity contribution in [1.29, 1.82) is 0 Å². The van der Waals surface area contributed by atoms with Crippen molar-refractivity contribution in [1.82, 2.24) is 0 Å². The standard InChI is InChI=1S/C15H23NO2/c1-17-13-8-9-14(16)15(10-13)18-11-12-6-4-2-3-5-7-12/h8-10,12H,2-7,11,16H2,1H3. The van der Waals surface area contributed by atoms with Crippen molar-refractivity contribution in [3.63, 3.8) is 0 Å². The third kappa shape index (κ3) is 3.56. The van der Waals surface area contributed by atoms with Gasteiger partial charge in [-0.25, -0.2) is 0 Å². The van der Waals surface area contributed by atoms with Crippen LogP contribution in [0.15, 0.2) is 18.2 Å². The lowest BCUT2D eigenvalue weighted by molar-refractivity contribution is 0.234. The molecule has 18 heavy (non-hydrogen) atoms. The Bertz CT molecular complexity index is 371. The molecule has 1 aromatic carbocycles. The lowest BCUT2D eigenvalue weighted by Crippen LogP contribution is -2.12. The van der Waals surface area contributed by atoms with Gasteiger partial charge in [-0.05, 0) is 30.9 Å². The van der Waals surface area contributed by atoms with Gasteiger partial charge in [-0.15, -0.1) is 0 Å². The Balaban J connectivity index is 1.92. The molecule has 1 aliphatic carbocycles. The monoisotopic (exact) mass is 249 g/mol. The smallest absolute Gasteiger partial charge is 0.145 e. The highest BCUT2D eigenvalue weighted by Crippen LogP contribution is 2.29. The second-order valence-corrected chi connectivity index (χ2v) is 5.07. The van der Waals surface area contributed by atoms with Crippen LogP contribution in [-0.4, -0.2) is 13.7 Å². The molecule has 0 radical (unpaired) electrons. The Kier molecular flexibility index (Phi) is 4.73. The molecule has 3 heteroatoms. The van der Waals surface area contributed by atoms with E-state index < -0.39 is 0 Å². The number of hydrogen-bond donors (Lipinski definition) is 1. The Hall–Kier alpha value is -1.38. The number of nitrogen functional groups attached to an aromatic ring is 1. The molecule has 100 valence electrons. The summed E-state index contributed by atoms with van der Waals surface area (Å²) in [6.07, 6.45) is 7.98. The molecule has 0 spiro atoms. The first kappa shape index (κ1) is 13.1. The predicted octanol–water partition coefficient (Wildman–Crippen LogP) is 3.63. The zero-order valence-corrected chi connectivity index (χ0v) is 11.2. The number of ether oxygens (including phenoxy) is 2. The maximum absolute atomic E-state index is 5.91. The van der Waals surface area contributed by atoms with Gasteiger partial charge in [-0.3, -0.25) is 0 Å². The summed E-state index contributed by atoms with van der Waals surface area (Å²) in [4.78, 5) is 0. The van der Waals surface area contributed by atoms with Crippen LogP contribution < -0.4 is 15.2 Å². The summed E-state index contributed by atoms with van der Waals surface area (Å²) in [6, 6.07) is 5.56. The van der Waals surface area contributed by atoms with Crippen LogP contribution in [0.4, 0.5) is 5.69 Å². The number of hydrogen-bond acceptors (Lipinski definition) is 3. The molecule has 0 unspecified atom stereocenters. The summed E-state index contributed by atoms with van der Waals surface area (Å²) in [6.45, 7) is 0.775. The van der Waals surface area contributed by atoms with Crippen LogP contribution in [0.5, 0.6) is 11.5 Å². The van der Waals surface area contributed by atoms with Crippen LogP contribution in [0.3, 0.4) is 0 Å². The topological polar surface area (TPSA) is 44.5 Å². The quantitative estimate of drug-likeness (QED) is 0.654. The first-order valence-corrected chi connectivity index (χ1v) is 6.86. The van der Waals surface area contributed by atoms with Crippen molar-refractivity contribution in [2.24, 2.45) is 5.92 Å². The molecule has 0 amide bonds. The molecule has 3 nitrogen and oxygen atoms in total. The highest BCUT2D eigenvalue weighted by Gasteiger charge is 2.13. The molecule has 0 saturated heterocycles. The molecule has 0 bridgehead atoms. The van der Waals surface area contributed by atoms with Crippen LogP contribution in [0.25, 0.3) is 0 Å². The van der Waals surface area contributed by atoms with E-state index in [2.05, 4.69) is 0 Å². The van der Waals surface area contributed by atoms with Crippen molar-refractivity contribution >= 4 is 5.69 Å². The maximum Gasteiger partial charge on any atom is 0.145 e. The number of rotatable bonds is 4. The van der Waals surface area contributed by atoms with Gasteiger partial charge in [0, 0.05) is 6.07 Å². The SMILES string of the molecule is COc1ccc(N)c(OCC2CCCCCC2)c1. The molecule has 0 heterocycles. The second kappa shape index (κ2) is 6.53. The van der Waals surface area contributed by atoms with Crippen LogP contribution in [-0.2, 0) is 0 Å². The van der Waals surface area contributed by atoms with E-state index in [1.54, 1.807) is 7.11 Å². The van der Waals surface area contributed by atoms with Crippen LogP contribution in [0.1, 0.15) is 38.5 Å². The van der Waals surface area contributed by atoms with Crippen LogP contribution in [0.2, 0.25) is 0 Å². The Morgan fingerprint density at radius 3 is 2.56 bits per heavy atom. The van der Waals surface area contributed by atoms with Gasteiger partial charge in [0.1, 0.15) is 11.5 Å². The lowest BCUT2D eigenvalue weighted by Gasteiger charge is -2.16. The Morgan fingerprint density at radius 2 is 1.89 bits per heavy atom. The van der Waals surface area contributed by atoms with Gasteiger partial charge in [0.25, 0.3) is 0 Å². The Morgan fingerprint density at radius 1 is 1.17 bits per heavy atom. The van der Waals surface area contributed by atoms with E-state index in [0.717, 1.165) is 18.1 Å². The van der Waals surface area contributed by atoms with E-state index in [9.17, 15) is 0 Å². The molecule has 0 atom stereocenters. The maximum atomic E-state index is 5.91. The summed E-state index contributed by atoms with van der Waals surface area (Å²) in [5.41, 5.74) is 6.59. The summed E-state index contributed by atoms with van der Waals surface area (Å²) in [5, 5.41) is 0. The van der Waals surface area contributed by atoms with Crippen LogP contribution >= 0.6 is 0 Å². The van der Waals surface area contributed by atoms with Crippen LogP contribution in [0, 0.1) is 5.92 Å². The molecule has 2 N–H and O–H groups in total. The second-order valence-electron chi connectivity index (χ2n) is 5.07. The zero-order chi connectivity index (χ0) is 12.8. The number of benzene rings is 1. The summed E-state index contributed by atoms with van der Waals surface area (Å²) in [7, 11) is 1.65. The molecule has 2 rings (SSSR count). The minimum atomic E-state index is 0.679. The fourth-order valence-corrected chi connectivity index (χ4v) is 2.50. The number of methoxy groups -OCH3 is 1. The third-order valence-corrected chi connectivity index (χ3v) is 3.67. The highest BCUT2D eigenvalue weighted by molar-refractivity contribution is 5.55. The minimum Gasteiger partial charge on any atom is -0.497 e. The molecule has 1 aliphatic rings. The normalized spacial score (nSPS) is 17.2. The van der Waals surface area contributed by atoms with Crippen molar-refractivity contribution in [3.8, 4) is 11.5 Å². The average molecular weight is 249 g/mol. The van der Waals surface area contributed by atoms with Gasteiger partial charge in [-0.2, -0.15) is 0 Å². The largest absolute Gasteiger partial charge is 0.497 e. The van der Waals surface area contributed by atoms with E-state index >= 15 is 0 Å². The molecule has 0 aromatic heterocycles. The van der Waals surface area contributed by atoms with E-state index in [4.69, 9.17) is 15.2 Å². The van der Waals surface area contributed by atoms with Gasteiger partial charge in [0.05, 0.1) is 19.4 Å².